The van der Waals surface area contributed by atoms with Crippen molar-refractivity contribution in [2.45, 2.75) is 9.79 Å². The molecule has 0 aliphatic carbocycles. The van der Waals surface area contributed by atoms with E-state index in [9.17, 15) is 21.9 Å². The van der Waals surface area contributed by atoms with Crippen LogP contribution in [0.5, 0.6) is 5.75 Å². The van der Waals surface area contributed by atoms with E-state index in [1.165, 1.54) is 0 Å². The fourth-order valence-corrected chi connectivity index (χ4v) is 3.22. The molecule has 0 saturated heterocycles. The Balaban J connectivity index is 3.14. The van der Waals surface area contributed by atoms with Crippen LogP contribution >= 0.6 is 0 Å². The lowest BCUT2D eigenvalue weighted by Gasteiger charge is -2.10. The van der Waals surface area contributed by atoms with Gasteiger partial charge in [0.25, 0.3) is 20.2 Å². The van der Waals surface area contributed by atoms with Gasteiger partial charge in [0.2, 0.25) is 0 Å². The first-order valence-electron chi connectivity index (χ1n) is 5.02. The molecule has 0 aliphatic heterocycles. The molecule has 0 bridgehead atoms. The van der Waals surface area contributed by atoms with Crippen molar-refractivity contribution in [1.29, 1.82) is 0 Å². The Morgan fingerprint density at radius 1 is 0.850 bits per heavy atom. The van der Waals surface area contributed by atoms with Crippen LogP contribution in [0.3, 0.4) is 0 Å². The van der Waals surface area contributed by atoms with Gasteiger partial charge in [0.1, 0.15) is 15.5 Å². The zero-order valence-corrected chi connectivity index (χ0v) is 11.3. The molecule has 0 heterocycles. The van der Waals surface area contributed by atoms with Crippen molar-refractivity contribution in [2.24, 2.45) is 0 Å². The van der Waals surface area contributed by atoms with Gasteiger partial charge >= 0.3 is 0 Å². The highest BCUT2D eigenvalue weighted by Crippen LogP contribution is 2.38. The minimum absolute atomic E-state index is 0.213. The Morgan fingerprint density at radius 3 is 1.85 bits per heavy atom. The number of hydrogen-bond donors (Lipinski definition) is 4. The first-order chi connectivity index (χ1) is 9.03. The highest BCUT2D eigenvalue weighted by Gasteiger charge is 2.23. The smallest absolute Gasteiger partial charge is 0.295 e. The Bertz CT molecular complexity index is 916. The minimum atomic E-state index is -4.72. The van der Waals surface area contributed by atoms with E-state index in [1.807, 2.05) is 0 Å². The first kappa shape index (κ1) is 14.5. The van der Waals surface area contributed by atoms with Crippen LogP contribution < -0.4 is 5.73 Å². The van der Waals surface area contributed by atoms with E-state index in [1.54, 1.807) is 0 Å². The largest absolute Gasteiger partial charge is 0.505 e. The second-order valence-electron chi connectivity index (χ2n) is 3.94. The highest BCUT2D eigenvalue weighted by atomic mass is 32.2. The van der Waals surface area contributed by atoms with Gasteiger partial charge < -0.3 is 10.8 Å². The number of hydrogen-bond acceptors (Lipinski definition) is 6. The monoisotopic (exact) mass is 319 g/mol. The standard InChI is InChI=1S/C10H9NO7S2/c11-6-2-1-5-7(19(13,14)15)3-4-8(20(16,17)18)9(5)10(6)12/h1-4,12H,11H2,(H,13,14,15)(H,16,17,18). The summed E-state index contributed by atoms with van der Waals surface area (Å²) in [7, 11) is -9.37. The minimum Gasteiger partial charge on any atom is -0.505 e. The van der Waals surface area contributed by atoms with Crippen molar-refractivity contribution in [1.82, 2.24) is 0 Å². The molecule has 0 aliphatic rings. The molecule has 0 atom stereocenters. The second-order valence-corrected chi connectivity index (χ2v) is 6.72. The van der Waals surface area contributed by atoms with Crippen molar-refractivity contribution in [3.8, 4) is 5.75 Å². The zero-order valence-electron chi connectivity index (χ0n) is 9.68. The highest BCUT2D eigenvalue weighted by molar-refractivity contribution is 7.86. The number of phenolic OH excluding ortho intramolecular Hbond substituents is 1. The van der Waals surface area contributed by atoms with E-state index < -0.39 is 41.2 Å². The molecule has 2 rings (SSSR count). The van der Waals surface area contributed by atoms with Gasteiger partial charge in [-0.3, -0.25) is 9.11 Å². The molecular formula is C10H9NO7S2. The molecule has 2 aromatic rings. The van der Waals surface area contributed by atoms with Crippen LogP contribution in [-0.4, -0.2) is 31.0 Å². The van der Waals surface area contributed by atoms with Gasteiger partial charge in [0.05, 0.1) is 5.69 Å². The predicted molar refractivity (Wildman–Crippen MR) is 69.7 cm³/mol. The summed E-state index contributed by atoms with van der Waals surface area (Å²) in [4.78, 5) is -1.33. The van der Waals surface area contributed by atoms with E-state index in [0.717, 1.165) is 24.3 Å². The molecule has 0 radical (unpaired) electrons. The summed E-state index contributed by atoms with van der Waals surface area (Å²) in [5.74, 6) is -0.708. The molecule has 20 heavy (non-hydrogen) atoms. The van der Waals surface area contributed by atoms with Crippen LogP contribution in [0.1, 0.15) is 0 Å². The second kappa shape index (κ2) is 4.31. The lowest BCUT2D eigenvalue weighted by atomic mass is 10.1. The molecule has 8 nitrogen and oxygen atoms in total. The maximum absolute atomic E-state index is 11.3. The zero-order chi connectivity index (χ0) is 15.3. The third-order valence-corrected chi connectivity index (χ3v) is 4.47. The average molecular weight is 319 g/mol. The van der Waals surface area contributed by atoms with Crippen molar-refractivity contribution in [3.05, 3.63) is 24.3 Å². The molecule has 0 amide bonds. The van der Waals surface area contributed by atoms with Crippen LogP contribution in [-0.2, 0) is 20.2 Å². The van der Waals surface area contributed by atoms with Crippen LogP contribution in [0.25, 0.3) is 10.8 Å². The molecule has 10 heteroatoms. The van der Waals surface area contributed by atoms with Crippen LogP contribution in [0.15, 0.2) is 34.1 Å². The van der Waals surface area contributed by atoms with Gasteiger partial charge in [-0.2, -0.15) is 16.8 Å². The van der Waals surface area contributed by atoms with Crippen molar-refractivity contribution < 1.29 is 31.0 Å². The van der Waals surface area contributed by atoms with Gasteiger partial charge in [-0.25, -0.2) is 0 Å². The Hall–Kier alpha value is -1.88. The quantitative estimate of drug-likeness (QED) is 0.356. The molecule has 108 valence electrons. The molecule has 5 N–H and O–H groups in total. The number of aromatic hydroxyl groups is 1. The average Bonchev–Trinajstić information content (AvgIpc) is 2.30. The maximum atomic E-state index is 11.3. The van der Waals surface area contributed by atoms with Gasteiger partial charge in [0.15, 0.2) is 0 Å². The van der Waals surface area contributed by atoms with Gasteiger partial charge in [-0.15, -0.1) is 0 Å². The summed E-state index contributed by atoms with van der Waals surface area (Å²) in [5, 5.41) is 9.05. The third kappa shape index (κ3) is 2.29. The molecule has 2 aromatic carbocycles. The van der Waals surface area contributed by atoms with E-state index >= 15 is 0 Å². The summed E-state index contributed by atoms with van der Waals surface area (Å²) < 4.78 is 63.2. The van der Waals surface area contributed by atoms with Crippen LogP contribution in [0, 0.1) is 0 Å². The lowest BCUT2D eigenvalue weighted by molar-refractivity contribution is 0.474. The lowest BCUT2D eigenvalue weighted by Crippen LogP contribution is -2.04. The normalized spacial score (nSPS) is 12.7. The van der Waals surface area contributed by atoms with Crippen molar-refractivity contribution in [3.63, 3.8) is 0 Å². The third-order valence-electron chi connectivity index (χ3n) is 2.66. The molecule has 0 saturated carbocycles. The molecule has 0 unspecified atom stereocenters. The van der Waals surface area contributed by atoms with E-state index in [-0.39, 0.29) is 11.1 Å². The van der Waals surface area contributed by atoms with Crippen LogP contribution in [0.2, 0.25) is 0 Å². The number of rotatable bonds is 2. The SMILES string of the molecule is Nc1ccc2c(S(=O)(=O)O)ccc(S(=O)(=O)O)c2c1O. The van der Waals surface area contributed by atoms with Gasteiger partial charge in [-0.05, 0) is 18.2 Å². The Kier molecular flexibility index (Phi) is 3.13. The molecule has 0 fully saturated rings. The summed E-state index contributed by atoms with van der Waals surface area (Å²) >= 11 is 0. The van der Waals surface area contributed by atoms with Crippen molar-refractivity contribution >= 4 is 36.7 Å². The summed E-state index contributed by atoms with van der Waals surface area (Å²) in [5.41, 5.74) is 5.21. The summed E-state index contributed by atoms with van der Waals surface area (Å²) in [6, 6.07) is 3.80. The number of nitrogen functional groups attached to an aromatic ring is 1. The molecule has 0 spiro atoms. The number of benzene rings is 2. The van der Waals surface area contributed by atoms with Crippen molar-refractivity contribution in [2.75, 3.05) is 5.73 Å². The predicted octanol–water partition coefficient (Wildman–Crippen LogP) is 0.621. The Morgan fingerprint density at radius 2 is 1.35 bits per heavy atom. The van der Waals surface area contributed by atoms with Crippen LogP contribution in [0.4, 0.5) is 5.69 Å². The fraction of sp³-hybridized carbons (Fsp3) is 0. The Labute approximate surface area is 114 Å². The number of fused-ring (bicyclic) bond motifs is 1. The van der Waals surface area contributed by atoms with Gasteiger partial charge in [0, 0.05) is 10.8 Å². The van der Waals surface area contributed by atoms with E-state index in [0.29, 0.717) is 0 Å². The fourth-order valence-electron chi connectivity index (χ4n) is 1.83. The topological polar surface area (TPSA) is 155 Å². The molecule has 0 aromatic heterocycles. The maximum Gasteiger partial charge on any atom is 0.295 e. The van der Waals surface area contributed by atoms with E-state index in [2.05, 4.69) is 0 Å². The summed E-state index contributed by atoms with van der Waals surface area (Å²) in [6.07, 6.45) is 0. The molecular weight excluding hydrogens is 310 g/mol. The first-order valence-corrected chi connectivity index (χ1v) is 7.90. The number of nitrogens with two attached hydrogens (primary N) is 1. The van der Waals surface area contributed by atoms with E-state index in [4.69, 9.17) is 14.8 Å². The summed E-state index contributed by atoms with van der Waals surface area (Å²) in [6.45, 7) is 0. The van der Waals surface area contributed by atoms with Gasteiger partial charge in [-0.1, -0.05) is 6.07 Å². The number of anilines is 1. The number of phenols is 1.